The standard InChI is InChI=1S/C48H73N13O19/c1-4-8-73-12-14-75-16-17-76-15-13-74-9-5-40(68)59(22-31-24-60(57-55-31)6-10-77-43(35(66)26-62)42-33(18-28(2)64)34(54-48(51)52)21-38(79-42)47(71)72)23-32-25-61(58-56-32)7-11-78-44(36(67)27-63)45-41(53-29(3)65)30(20-39(49)50)19-37(80-45)46(69)70/h1,19,21,24-25,30,33-36,41-45,62-63,66-67H,5-18,20,22-23,26-27H2,2-3H3,(H3,49,50)(H,53,65)(H,69,70)(H,71,72)(H4,51,52,54)/t30-,33-,34+,35-,36-,41-,42-,43-,44-,45-/m1/s1. The molecule has 4 rings (SSSR count). The minimum Gasteiger partial charge on any atom is -0.480 e. The number of aliphatic imine (C=N–C) groups is 1. The maximum Gasteiger partial charge on any atom is 0.370 e. The number of terminal acetylenes is 1. The number of aromatic nitrogens is 6. The van der Waals surface area contributed by atoms with E-state index >= 15 is 0 Å². The van der Waals surface area contributed by atoms with Gasteiger partial charge in [0.05, 0.1) is 136 Å². The molecule has 0 saturated heterocycles. The van der Waals surface area contributed by atoms with Gasteiger partial charge in [-0.2, -0.15) is 0 Å². The Morgan fingerprint density at radius 2 is 1.27 bits per heavy atom. The summed E-state index contributed by atoms with van der Waals surface area (Å²) in [5.41, 5.74) is 17.5. The number of ketones is 1. The van der Waals surface area contributed by atoms with Gasteiger partial charge in [-0.1, -0.05) is 16.3 Å². The summed E-state index contributed by atoms with van der Waals surface area (Å²) in [5, 5.41) is 88.7. The molecule has 80 heavy (non-hydrogen) atoms. The van der Waals surface area contributed by atoms with Crippen molar-refractivity contribution in [3.8, 4) is 12.3 Å². The Bertz CT molecular complexity index is 2460. The van der Waals surface area contributed by atoms with E-state index in [2.05, 4.69) is 36.9 Å². The molecule has 0 fully saturated rings. The van der Waals surface area contributed by atoms with Crippen molar-refractivity contribution in [2.75, 3.05) is 79.3 Å². The first-order valence-corrected chi connectivity index (χ1v) is 25.3. The molecule has 2 aliphatic rings. The molecule has 0 bridgehead atoms. The highest BCUT2D eigenvalue weighted by molar-refractivity contribution is 5.86. The van der Waals surface area contributed by atoms with Crippen LogP contribution in [0.15, 0.2) is 41.1 Å². The van der Waals surface area contributed by atoms with Crippen molar-refractivity contribution in [2.45, 2.75) is 108 Å². The summed E-state index contributed by atoms with van der Waals surface area (Å²) in [7, 11) is 0. The zero-order valence-corrected chi connectivity index (χ0v) is 44.4. The van der Waals surface area contributed by atoms with E-state index in [1.54, 1.807) is 0 Å². The van der Waals surface area contributed by atoms with Crippen LogP contribution in [0.5, 0.6) is 0 Å². The second-order valence-corrected chi connectivity index (χ2v) is 18.3. The molecule has 2 aromatic rings. The predicted molar refractivity (Wildman–Crippen MR) is 274 cm³/mol. The highest BCUT2D eigenvalue weighted by Crippen LogP contribution is 2.34. The van der Waals surface area contributed by atoms with Gasteiger partial charge in [0.2, 0.25) is 23.3 Å². The van der Waals surface area contributed by atoms with Crippen LogP contribution in [0.25, 0.3) is 0 Å². The molecule has 32 nitrogen and oxygen atoms in total. The van der Waals surface area contributed by atoms with Gasteiger partial charge in [0.1, 0.15) is 60.4 Å². The van der Waals surface area contributed by atoms with Crippen molar-refractivity contribution in [1.29, 1.82) is 5.41 Å². The summed E-state index contributed by atoms with van der Waals surface area (Å²) >= 11 is 0. The Balaban J connectivity index is 1.47. The number of hydrogen-bond acceptors (Lipinski definition) is 23. The number of aliphatic hydroxyl groups is 4. The van der Waals surface area contributed by atoms with Crippen LogP contribution in [0.2, 0.25) is 0 Å². The molecule has 4 heterocycles. The first-order chi connectivity index (χ1) is 38.2. The number of carbonyl (C=O) groups is 5. The first-order valence-electron chi connectivity index (χ1n) is 25.3. The van der Waals surface area contributed by atoms with E-state index in [9.17, 15) is 54.6 Å². The number of nitrogens with zero attached hydrogens (tertiary/aromatic N) is 8. The van der Waals surface area contributed by atoms with Gasteiger partial charge < -0.3 is 101 Å². The minimum atomic E-state index is -1.64. The molecule has 0 aliphatic carbocycles. The second-order valence-electron chi connectivity index (χ2n) is 18.3. The van der Waals surface area contributed by atoms with Gasteiger partial charge in [-0.3, -0.25) is 15.0 Å². The Kier molecular flexibility index (Phi) is 27.8. The first kappa shape index (κ1) is 65.3. The smallest absolute Gasteiger partial charge is 0.370 e. The van der Waals surface area contributed by atoms with Gasteiger partial charge in [0.25, 0.3) is 0 Å². The molecule has 0 unspecified atom stereocenters. The van der Waals surface area contributed by atoms with Crippen LogP contribution in [-0.2, 0) is 88.0 Å². The molecule has 14 N–H and O–H groups in total. The van der Waals surface area contributed by atoms with Crippen molar-refractivity contribution >= 4 is 41.3 Å². The third kappa shape index (κ3) is 21.8. The minimum absolute atomic E-state index is 0.0126. The molecule has 2 aliphatic heterocycles. The number of amides is 2. The summed E-state index contributed by atoms with van der Waals surface area (Å²) in [5.74, 6) is -5.43. The van der Waals surface area contributed by atoms with E-state index in [0.29, 0.717) is 37.8 Å². The quantitative estimate of drug-likeness (QED) is 0.0130. The monoisotopic (exact) mass is 1140 g/mol. The molecule has 2 aromatic heterocycles. The van der Waals surface area contributed by atoms with E-state index in [-0.39, 0.29) is 103 Å². The van der Waals surface area contributed by atoms with Crippen LogP contribution in [0.4, 0.5) is 0 Å². The number of guanidine groups is 1. The predicted octanol–water partition coefficient (Wildman–Crippen LogP) is -4.62. The number of hydrogen-bond donors (Lipinski definition) is 11. The van der Waals surface area contributed by atoms with Crippen LogP contribution in [0.3, 0.4) is 0 Å². The maximum atomic E-state index is 13.9. The number of carbonyl (C=O) groups excluding carboxylic acids is 3. The molecular weight excluding hydrogens is 1060 g/mol. The number of carboxylic acid groups (broad SMARTS) is 2. The number of rotatable bonds is 39. The van der Waals surface area contributed by atoms with E-state index in [0.717, 1.165) is 6.08 Å². The van der Waals surface area contributed by atoms with Crippen molar-refractivity contribution in [3.63, 3.8) is 0 Å². The summed E-state index contributed by atoms with van der Waals surface area (Å²) in [6, 6.07) is -2.11. The van der Waals surface area contributed by atoms with Crippen LogP contribution >= 0.6 is 0 Å². The van der Waals surface area contributed by atoms with E-state index in [1.807, 2.05) is 0 Å². The van der Waals surface area contributed by atoms with Crippen molar-refractivity contribution in [3.05, 3.63) is 47.5 Å². The summed E-state index contributed by atoms with van der Waals surface area (Å²) in [4.78, 5) is 68.2. The molecule has 2 amide bonds. The van der Waals surface area contributed by atoms with Crippen LogP contribution in [0, 0.1) is 29.6 Å². The lowest BCUT2D eigenvalue weighted by Crippen LogP contribution is -2.59. The van der Waals surface area contributed by atoms with Crippen LogP contribution in [0.1, 0.15) is 44.5 Å². The zero-order valence-electron chi connectivity index (χ0n) is 44.4. The van der Waals surface area contributed by atoms with E-state index in [4.69, 9.17) is 66.9 Å². The molecule has 0 aromatic carbocycles. The van der Waals surface area contributed by atoms with Crippen molar-refractivity contribution < 1.29 is 92.5 Å². The van der Waals surface area contributed by atoms with Crippen LogP contribution < -0.4 is 22.5 Å². The maximum absolute atomic E-state index is 13.9. The van der Waals surface area contributed by atoms with Gasteiger partial charge in [-0.25, -0.2) is 23.9 Å². The third-order valence-corrected chi connectivity index (χ3v) is 12.0. The fourth-order valence-electron chi connectivity index (χ4n) is 8.50. The largest absolute Gasteiger partial charge is 0.480 e. The van der Waals surface area contributed by atoms with E-state index in [1.165, 1.54) is 46.6 Å². The van der Waals surface area contributed by atoms with Gasteiger partial charge in [-0.15, -0.1) is 16.6 Å². The van der Waals surface area contributed by atoms with Crippen molar-refractivity contribution in [2.24, 2.45) is 34.0 Å². The second kappa shape index (κ2) is 34.1. The number of ether oxygens (including phenoxy) is 8. The summed E-state index contributed by atoms with van der Waals surface area (Å²) < 4.78 is 48.0. The normalized spacial score (nSPS) is 20.3. The lowest BCUT2D eigenvalue weighted by atomic mass is 9.82. The Morgan fingerprint density at radius 1 is 0.775 bits per heavy atom. The topological polar surface area (TPSA) is 472 Å². The lowest BCUT2D eigenvalue weighted by Gasteiger charge is -2.41. The van der Waals surface area contributed by atoms with Gasteiger partial charge >= 0.3 is 11.9 Å². The summed E-state index contributed by atoms with van der Waals surface area (Å²) in [6.07, 6.45) is 1.26. The van der Waals surface area contributed by atoms with E-state index < -0.39 is 109 Å². The number of amidine groups is 1. The number of nitrogens with one attached hydrogen (secondary N) is 2. The molecule has 0 saturated carbocycles. The number of aliphatic carboxylic acids is 2. The third-order valence-electron chi connectivity index (χ3n) is 12.0. The van der Waals surface area contributed by atoms with Gasteiger partial charge in [0, 0.05) is 31.6 Å². The van der Waals surface area contributed by atoms with Crippen LogP contribution in [-0.4, -0.2) is 235 Å². The molecule has 10 atom stereocenters. The number of nitrogens with two attached hydrogens (primary N) is 3. The Labute approximate surface area is 459 Å². The molecule has 0 radical (unpaired) electrons. The lowest BCUT2D eigenvalue weighted by molar-refractivity contribution is -0.158. The summed E-state index contributed by atoms with van der Waals surface area (Å²) in [6.45, 7) is 2.06. The Hall–Kier alpha value is -7.19. The number of aliphatic hydroxyl groups excluding tert-OH is 4. The number of carboxylic acids is 2. The highest BCUT2D eigenvalue weighted by Gasteiger charge is 2.46. The Morgan fingerprint density at radius 3 is 1.75 bits per heavy atom. The van der Waals surface area contributed by atoms with Gasteiger partial charge in [0.15, 0.2) is 5.96 Å². The number of Topliss-reactive ketones (excluding diaryl/α,β-unsaturated/α-hetero) is 1. The molecular formula is C48H73N13O19. The average Bonchev–Trinajstić information content (AvgIpc) is 4.10. The molecule has 0 spiro atoms. The van der Waals surface area contributed by atoms with Gasteiger partial charge in [-0.05, 0) is 19.1 Å². The average molecular weight is 1140 g/mol. The van der Waals surface area contributed by atoms with Crippen molar-refractivity contribution in [1.82, 2.24) is 40.2 Å². The molecule has 32 heteroatoms. The molecule has 444 valence electrons. The fourth-order valence-corrected chi connectivity index (χ4v) is 8.50. The zero-order chi connectivity index (χ0) is 58.7. The SMILES string of the molecule is C#CCOCCOCCOCCOCCC(=O)N(Cc1cn(CCO[C@@H]([C@@H]2OC(C(=O)O)=C[C@H](N=C(N)N)[C@H]2CC(C)=O)[C@H](O)CO)nn1)Cc1cn(CCO[C@@H]([C@@H]2OC(C(=O)O)=C[C@H](CC(=N)N)[C@H]2NC(C)=O)[C@H](O)CO)nn1. The highest BCUT2D eigenvalue weighted by atomic mass is 16.6. The fraction of sp³-hybridized carbons (Fsp3) is 0.646.